The molecule has 0 saturated carbocycles. The number of ketones is 1. The standard InChI is InChI=1S/C20H23N3O4/c1-4-10-21-17-12-16(15-8-6-14(7-9-15)13(3)24)23(27)18(17)19(25)22(11-5-2)20(21)26/h6-9,12,27H,4-5,10-11H2,1-3H3. The predicted molar refractivity (Wildman–Crippen MR) is 104 cm³/mol. The van der Waals surface area contributed by atoms with Gasteiger partial charge in [0.25, 0.3) is 5.56 Å². The highest BCUT2D eigenvalue weighted by Crippen LogP contribution is 2.25. The van der Waals surface area contributed by atoms with Crippen LogP contribution in [-0.4, -0.2) is 24.9 Å². The minimum atomic E-state index is -0.502. The summed E-state index contributed by atoms with van der Waals surface area (Å²) in [4.78, 5) is 37.0. The SMILES string of the molecule is CCCn1c(=O)c2c(cc(-c3ccc(C(C)=O)cc3)n2O)n(CCC)c1=O. The Kier molecular flexibility index (Phi) is 5.03. The number of fused-ring (bicyclic) bond motifs is 1. The van der Waals surface area contributed by atoms with Crippen molar-refractivity contribution in [3.8, 4) is 11.3 Å². The average Bonchev–Trinajstić information content (AvgIpc) is 2.99. The number of rotatable bonds is 6. The molecule has 0 amide bonds. The molecule has 0 atom stereocenters. The molecule has 3 aromatic rings. The number of nitrogens with zero attached hydrogens (tertiary/aromatic N) is 3. The summed E-state index contributed by atoms with van der Waals surface area (Å²) in [6.45, 7) is 6.07. The molecule has 0 aliphatic rings. The summed E-state index contributed by atoms with van der Waals surface area (Å²) < 4.78 is 3.55. The molecular formula is C20H23N3O4. The zero-order chi connectivity index (χ0) is 19.7. The topological polar surface area (TPSA) is 86.2 Å². The maximum atomic E-state index is 12.8. The van der Waals surface area contributed by atoms with Crippen molar-refractivity contribution in [2.45, 2.75) is 46.7 Å². The number of aromatic nitrogens is 3. The van der Waals surface area contributed by atoms with Crippen molar-refractivity contribution < 1.29 is 10.0 Å². The van der Waals surface area contributed by atoms with Crippen LogP contribution in [0.4, 0.5) is 0 Å². The summed E-state index contributed by atoms with van der Waals surface area (Å²) in [6, 6.07) is 8.41. The van der Waals surface area contributed by atoms with Crippen molar-refractivity contribution in [3.05, 3.63) is 56.7 Å². The second-order valence-corrected chi connectivity index (χ2v) is 6.60. The molecule has 7 nitrogen and oxygen atoms in total. The summed E-state index contributed by atoms with van der Waals surface area (Å²) in [5.41, 5.74) is 1.24. The van der Waals surface area contributed by atoms with Crippen molar-refractivity contribution in [1.82, 2.24) is 13.9 Å². The molecular weight excluding hydrogens is 346 g/mol. The van der Waals surface area contributed by atoms with E-state index in [-0.39, 0.29) is 17.0 Å². The van der Waals surface area contributed by atoms with Crippen molar-refractivity contribution >= 4 is 16.8 Å². The van der Waals surface area contributed by atoms with Crippen LogP contribution in [0, 0.1) is 0 Å². The van der Waals surface area contributed by atoms with Crippen LogP contribution in [0.15, 0.2) is 39.9 Å². The summed E-state index contributed by atoms with van der Waals surface area (Å²) >= 11 is 0. The Morgan fingerprint density at radius 2 is 1.59 bits per heavy atom. The molecule has 0 saturated heterocycles. The van der Waals surface area contributed by atoms with E-state index in [0.717, 1.165) is 11.2 Å². The second-order valence-electron chi connectivity index (χ2n) is 6.60. The van der Waals surface area contributed by atoms with E-state index in [1.807, 2.05) is 13.8 Å². The largest absolute Gasteiger partial charge is 0.428 e. The van der Waals surface area contributed by atoms with Crippen LogP contribution in [0.3, 0.4) is 0 Å². The zero-order valence-corrected chi connectivity index (χ0v) is 15.7. The number of hydrogen-bond acceptors (Lipinski definition) is 4. The summed E-state index contributed by atoms with van der Waals surface area (Å²) in [5.74, 6) is -0.0506. The van der Waals surface area contributed by atoms with Gasteiger partial charge in [-0.05, 0) is 25.8 Å². The van der Waals surface area contributed by atoms with E-state index >= 15 is 0 Å². The molecule has 2 heterocycles. The number of hydrogen-bond donors (Lipinski definition) is 1. The van der Waals surface area contributed by atoms with Gasteiger partial charge in [0.2, 0.25) is 0 Å². The van der Waals surface area contributed by atoms with Gasteiger partial charge >= 0.3 is 5.69 Å². The molecule has 27 heavy (non-hydrogen) atoms. The van der Waals surface area contributed by atoms with Crippen LogP contribution in [0.5, 0.6) is 0 Å². The third-order valence-electron chi connectivity index (χ3n) is 4.64. The van der Waals surface area contributed by atoms with Crippen LogP contribution in [0.2, 0.25) is 0 Å². The molecule has 7 heteroatoms. The third-order valence-corrected chi connectivity index (χ3v) is 4.64. The van der Waals surface area contributed by atoms with Gasteiger partial charge in [-0.1, -0.05) is 38.1 Å². The first-order valence-corrected chi connectivity index (χ1v) is 9.10. The Balaban J connectivity index is 2.31. The van der Waals surface area contributed by atoms with Gasteiger partial charge in [-0.3, -0.25) is 18.7 Å². The molecule has 0 radical (unpaired) electrons. The van der Waals surface area contributed by atoms with Gasteiger partial charge in [0.15, 0.2) is 11.3 Å². The lowest BCUT2D eigenvalue weighted by molar-refractivity contribution is 0.101. The number of aryl methyl sites for hydroxylation is 1. The van der Waals surface area contributed by atoms with Crippen LogP contribution in [0.25, 0.3) is 22.3 Å². The monoisotopic (exact) mass is 369 g/mol. The molecule has 0 aliphatic carbocycles. The molecule has 0 aliphatic heterocycles. The van der Waals surface area contributed by atoms with E-state index in [1.54, 1.807) is 30.3 Å². The molecule has 1 N–H and O–H groups in total. The lowest BCUT2D eigenvalue weighted by Gasteiger charge is -2.10. The maximum absolute atomic E-state index is 12.8. The van der Waals surface area contributed by atoms with Gasteiger partial charge in [0.1, 0.15) is 0 Å². The number of Topliss-reactive ketones (excluding diaryl/α,β-unsaturated/α-hetero) is 1. The van der Waals surface area contributed by atoms with Gasteiger partial charge in [-0.25, -0.2) is 4.79 Å². The van der Waals surface area contributed by atoms with Crippen LogP contribution < -0.4 is 11.2 Å². The third kappa shape index (κ3) is 3.09. The number of carbonyl (C=O) groups excluding carboxylic acids is 1. The highest BCUT2D eigenvalue weighted by atomic mass is 16.5. The molecule has 3 rings (SSSR count). The van der Waals surface area contributed by atoms with Gasteiger partial charge in [-0.2, -0.15) is 4.73 Å². The van der Waals surface area contributed by atoms with Crippen LogP contribution >= 0.6 is 0 Å². The molecule has 0 bridgehead atoms. The number of carbonyl (C=O) groups is 1. The fourth-order valence-corrected chi connectivity index (χ4v) is 3.30. The Hall–Kier alpha value is -3.09. The quantitative estimate of drug-likeness (QED) is 0.535. The molecule has 0 unspecified atom stereocenters. The van der Waals surface area contributed by atoms with Crippen LogP contribution in [0.1, 0.15) is 44.0 Å². The summed E-state index contributed by atoms with van der Waals surface area (Å²) in [6.07, 6.45) is 1.36. The maximum Gasteiger partial charge on any atom is 0.331 e. The molecule has 142 valence electrons. The highest BCUT2D eigenvalue weighted by molar-refractivity contribution is 5.94. The smallest absolute Gasteiger partial charge is 0.331 e. The lowest BCUT2D eigenvalue weighted by Crippen LogP contribution is -2.40. The van der Waals surface area contributed by atoms with E-state index in [1.165, 1.54) is 16.1 Å². The first-order valence-electron chi connectivity index (χ1n) is 9.10. The Morgan fingerprint density at radius 3 is 2.15 bits per heavy atom. The van der Waals surface area contributed by atoms with Gasteiger partial charge in [0.05, 0.1) is 11.2 Å². The Morgan fingerprint density at radius 1 is 1.00 bits per heavy atom. The van der Waals surface area contributed by atoms with E-state index in [2.05, 4.69) is 0 Å². The van der Waals surface area contributed by atoms with Crippen molar-refractivity contribution in [2.75, 3.05) is 0 Å². The summed E-state index contributed by atoms with van der Waals surface area (Å²) in [7, 11) is 0. The fraction of sp³-hybridized carbons (Fsp3) is 0.350. The first kappa shape index (κ1) is 18.7. The first-order chi connectivity index (χ1) is 12.9. The average molecular weight is 369 g/mol. The van der Waals surface area contributed by atoms with E-state index in [0.29, 0.717) is 41.8 Å². The van der Waals surface area contributed by atoms with E-state index < -0.39 is 5.56 Å². The minimum absolute atomic E-state index is 0.0506. The zero-order valence-electron chi connectivity index (χ0n) is 15.7. The lowest BCUT2D eigenvalue weighted by atomic mass is 10.1. The molecule has 1 aromatic carbocycles. The van der Waals surface area contributed by atoms with Crippen LogP contribution in [-0.2, 0) is 13.1 Å². The van der Waals surface area contributed by atoms with Crippen molar-refractivity contribution in [2.24, 2.45) is 0 Å². The van der Waals surface area contributed by atoms with Crippen molar-refractivity contribution in [1.29, 1.82) is 0 Å². The van der Waals surface area contributed by atoms with Crippen molar-refractivity contribution in [3.63, 3.8) is 0 Å². The normalized spacial score (nSPS) is 11.2. The molecule has 2 aromatic heterocycles. The summed E-state index contributed by atoms with van der Waals surface area (Å²) in [5, 5.41) is 10.7. The predicted octanol–water partition coefficient (Wildman–Crippen LogP) is 2.89. The highest BCUT2D eigenvalue weighted by Gasteiger charge is 2.20. The van der Waals surface area contributed by atoms with E-state index in [9.17, 15) is 19.6 Å². The fourth-order valence-electron chi connectivity index (χ4n) is 3.30. The Bertz CT molecular complexity index is 1120. The molecule has 0 fully saturated rings. The number of benzene rings is 1. The van der Waals surface area contributed by atoms with Gasteiger partial charge < -0.3 is 5.21 Å². The minimum Gasteiger partial charge on any atom is -0.428 e. The van der Waals surface area contributed by atoms with Gasteiger partial charge in [-0.15, -0.1) is 0 Å². The Labute approximate surface area is 156 Å². The van der Waals surface area contributed by atoms with Gasteiger partial charge in [0, 0.05) is 24.2 Å². The van der Waals surface area contributed by atoms with E-state index in [4.69, 9.17) is 0 Å². The second kappa shape index (κ2) is 7.26. The molecule has 0 spiro atoms.